The van der Waals surface area contributed by atoms with E-state index in [1.54, 1.807) is 0 Å². The molecule has 0 saturated carbocycles. The second-order valence-electron chi connectivity index (χ2n) is 5.83. The Hall–Kier alpha value is -2.87. The number of nitrogens with zero attached hydrogens (tertiary/aromatic N) is 2. The maximum atomic E-state index is 4.65. The van der Waals surface area contributed by atoms with E-state index in [1.165, 1.54) is 33.3 Å². The first-order valence-electron chi connectivity index (χ1n) is 7.81. The maximum Gasteiger partial charge on any atom is 0.0732 e. The van der Waals surface area contributed by atoms with E-state index in [0.717, 1.165) is 5.69 Å². The van der Waals surface area contributed by atoms with Gasteiger partial charge in [0.25, 0.3) is 0 Å². The summed E-state index contributed by atoms with van der Waals surface area (Å²) in [5, 5.41) is 1.25. The SMILES string of the molecule is Cc1c(-c2cc(-c3ccccc3)ccn2)c2ccccc2n1C. The quantitative estimate of drug-likeness (QED) is 0.496. The zero-order valence-electron chi connectivity index (χ0n) is 13.3. The van der Waals surface area contributed by atoms with Gasteiger partial charge in [0.15, 0.2) is 0 Å². The highest BCUT2D eigenvalue weighted by molar-refractivity contribution is 5.97. The van der Waals surface area contributed by atoms with Gasteiger partial charge in [-0.3, -0.25) is 4.98 Å². The van der Waals surface area contributed by atoms with Gasteiger partial charge in [-0.1, -0.05) is 48.5 Å². The molecule has 4 aromatic rings. The zero-order chi connectivity index (χ0) is 15.8. The van der Waals surface area contributed by atoms with E-state index in [4.69, 9.17) is 0 Å². The highest BCUT2D eigenvalue weighted by atomic mass is 14.9. The van der Waals surface area contributed by atoms with E-state index < -0.39 is 0 Å². The molecule has 2 nitrogen and oxygen atoms in total. The second kappa shape index (κ2) is 5.40. The van der Waals surface area contributed by atoms with Gasteiger partial charge in [0, 0.05) is 35.4 Å². The molecule has 0 aliphatic carbocycles. The minimum absolute atomic E-state index is 1.03. The van der Waals surface area contributed by atoms with Crippen LogP contribution in [0.1, 0.15) is 5.69 Å². The molecule has 0 unspecified atom stereocenters. The number of para-hydroxylation sites is 1. The van der Waals surface area contributed by atoms with Crippen molar-refractivity contribution >= 4 is 10.9 Å². The van der Waals surface area contributed by atoms with Gasteiger partial charge < -0.3 is 4.57 Å². The Bertz CT molecular complexity index is 981. The molecule has 0 aliphatic rings. The summed E-state index contributed by atoms with van der Waals surface area (Å²) in [4.78, 5) is 4.65. The van der Waals surface area contributed by atoms with Crippen molar-refractivity contribution in [2.24, 2.45) is 7.05 Å². The molecule has 2 heteroatoms. The standard InChI is InChI=1S/C21H18N2/c1-15-21(18-10-6-7-11-20(18)23(15)2)19-14-17(12-13-22-19)16-8-4-3-5-9-16/h3-14H,1-2H3. The van der Waals surface area contributed by atoms with E-state index in [0.29, 0.717) is 0 Å². The van der Waals surface area contributed by atoms with E-state index in [1.807, 2.05) is 12.3 Å². The number of aromatic nitrogens is 2. The Morgan fingerprint density at radius 1 is 0.826 bits per heavy atom. The molecular weight excluding hydrogens is 280 g/mol. The van der Waals surface area contributed by atoms with Crippen molar-refractivity contribution < 1.29 is 0 Å². The van der Waals surface area contributed by atoms with Crippen molar-refractivity contribution in [3.63, 3.8) is 0 Å². The van der Waals surface area contributed by atoms with Crippen LogP contribution in [0.5, 0.6) is 0 Å². The Balaban J connectivity index is 1.94. The van der Waals surface area contributed by atoms with Gasteiger partial charge in [-0.25, -0.2) is 0 Å². The van der Waals surface area contributed by atoms with E-state index >= 15 is 0 Å². The molecule has 0 spiro atoms. The van der Waals surface area contributed by atoms with Gasteiger partial charge in [-0.15, -0.1) is 0 Å². The molecule has 2 aromatic heterocycles. The minimum atomic E-state index is 1.03. The van der Waals surface area contributed by atoms with Gasteiger partial charge in [-0.2, -0.15) is 0 Å². The van der Waals surface area contributed by atoms with Gasteiger partial charge in [0.05, 0.1) is 5.69 Å². The second-order valence-corrected chi connectivity index (χ2v) is 5.83. The number of aryl methyl sites for hydroxylation is 1. The van der Waals surface area contributed by atoms with Crippen LogP contribution in [-0.4, -0.2) is 9.55 Å². The van der Waals surface area contributed by atoms with Crippen molar-refractivity contribution in [1.82, 2.24) is 9.55 Å². The van der Waals surface area contributed by atoms with Crippen LogP contribution < -0.4 is 0 Å². The Morgan fingerprint density at radius 3 is 2.39 bits per heavy atom. The van der Waals surface area contributed by atoms with Crippen LogP contribution in [0.15, 0.2) is 72.9 Å². The van der Waals surface area contributed by atoms with Crippen molar-refractivity contribution in [3.8, 4) is 22.4 Å². The lowest BCUT2D eigenvalue weighted by Gasteiger charge is -2.06. The third-order valence-corrected chi connectivity index (χ3v) is 4.52. The van der Waals surface area contributed by atoms with Crippen molar-refractivity contribution in [2.45, 2.75) is 6.92 Å². The molecule has 0 bridgehead atoms. The summed E-state index contributed by atoms with van der Waals surface area (Å²) in [6, 6.07) is 23.2. The maximum absolute atomic E-state index is 4.65. The molecule has 0 saturated heterocycles. The van der Waals surface area contributed by atoms with E-state index in [9.17, 15) is 0 Å². The van der Waals surface area contributed by atoms with Crippen molar-refractivity contribution in [2.75, 3.05) is 0 Å². The summed E-state index contributed by atoms with van der Waals surface area (Å²) in [6.07, 6.45) is 1.90. The molecule has 112 valence electrons. The van der Waals surface area contributed by atoms with Crippen LogP contribution in [0, 0.1) is 6.92 Å². The summed E-state index contributed by atoms with van der Waals surface area (Å²) < 4.78 is 2.24. The summed E-state index contributed by atoms with van der Waals surface area (Å²) in [7, 11) is 2.11. The fraction of sp³-hybridized carbons (Fsp3) is 0.0952. The van der Waals surface area contributed by atoms with Gasteiger partial charge in [-0.05, 0) is 36.2 Å². The smallest absolute Gasteiger partial charge is 0.0732 e. The molecule has 0 fully saturated rings. The molecule has 23 heavy (non-hydrogen) atoms. The zero-order valence-corrected chi connectivity index (χ0v) is 13.3. The predicted octanol–water partition coefficient (Wildman–Crippen LogP) is 5.22. The predicted molar refractivity (Wildman–Crippen MR) is 96.3 cm³/mol. The molecule has 0 amide bonds. The number of rotatable bonds is 2. The molecule has 0 atom stereocenters. The van der Waals surface area contributed by atoms with Gasteiger partial charge in [0.1, 0.15) is 0 Å². The number of hydrogen-bond donors (Lipinski definition) is 0. The first kappa shape index (κ1) is 13.8. The van der Waals surface area contributed by atoms with Crippen LogP contribution in [0.2, 0.25) is 0 Å². The van der Waals surface area contributed by atoms with Crippen molar-refractivity contribution in [3.05, 3.63) is 78.6 Å². The summed E-state index contributed by atoms with van der Waals surface area (Å²) in [5.41, 5.74) is 7.15. The first-order chi connectivity index (χ1) is 11.3. The molecular formula is C21H18N2. The average Bonchev–Trinajstić information content (AvgIpc) is 2.87. The monoisotopic (exact) mass is 298 g/mol. The van der Waals surface area contributed by atoms with Gasteiger partial charge >= 0.3 is 0 Å². The van der Waals surface area contributed by atoms with Crippen LogP contribution >= 0.6 is 0 Å². The fourth-order valence-electron chi connectivity index (χ4n) is 3.22. The topological polar surface area (TPSA) is 17.8 Å². The van der Waals surface area contributed by atoms with E-state index in [2.05, 4.69) is 84.2 Å². The Labute approximate surface area is 136 Å². The Kier molecular flexibility index (Phi) is 3.23. The highest BCUT2D eigenvalue weighted by Crippen LogP contribution is 2.34. The van der Waals surface area contributed by atoms with Crippen LogP contribution in [0.25, 0.3) is 33.3 Å². The molecule has 0 aliphatic heterocycles. The normalized spacial score (nSPS) is 11.0. The molecule has 0 radical (unpaired) electrons. The summed E-state index contributed by atoms with van der Waals surface area (Å²) in [6.45, 7) is 2.16. The van der Waals surface area contributed by atoms with Gasteiger partial charge in [0.2, 0.25) is 0 Å². The minimum Gasteiger partial charge on any atom is -0.347 e. The number of fused-ring (bicyclic) bond motifs is 1. The lowest BCUT2D eigenvalue weighted by Crippen LogP contribution is -1.91. The third-order valence-electron chi connectivity index (χ3n) is 4.52. The fourth-order valence-corrected chi connectivity index (χ4v) is 3.22. The molecule has 2 aromatic carbocycles. The average molecular weight is 298 g/mol. The number of benzene rings is 2. The molecule has 4 rings (SSSR count). The summed E-state index contributed by atoms with van der Waals surface area (Å²) >= 11 is 0. The molecule has 2 heterocycles. The van der Waals surface area contributed by atoms with E-state index in [-0.39, 0.29) is 0 Å². The van der Waals surface area contributed by atoms with Crippen LogP contribution in [0.3, 0.4) is 0 Å². The van der Waals surface area contributed by atoms with Crippen LogP contribution in [-0.2, 0) is 7.05 Å². The Morgan fingerprint density at radius 2 is 1.57 bits per heavy atom. The first-order valence-corrected chi connectivity index (χ1v) is 7.81. The lowest BCUT2D eigenvalue weighted by atomic mass is 10.0. The highest BCUT2D eigenvalue weighted by Gasteiger charge is 2.14. The summed E-state index contributed by atoms with van der Waals surface area (Å²) in [5.74, 6) is 0. The third kappa shape index (κ3) is 2.23. The largest absolute Gasteiger partial charge is 0.347 e. The number of pyridine rings is 1. The van der Waals surface area contributed by atoms with Crippen molar-refractivity contribution in [1.29, 1.82) is 0 Å². The van der Waals surface area contributed by atoms with Crippen LogP contribution in [0.4, 0.5) is 0 Å². The number of hydrogen-bond acceptors (Lipinski definition) is 1. The molecule has 0 N–H and O–H groups in total. The lowest BCUT2D eigenvalue weighted by molar-refractivity contribution is 0.919.